The molecule has 1 N–H and O–H groups in total. The summed E-state index contributed by atoms with van der Waals surface area (Å²) in [5.74, 6) is 1.06. The highest BCUT2D eigenvalue weighted by atomic mass is 15.3. The molecule has 128 valence electrons. The maximum Gasteiger partial charge on any atom is 0.139 e. The summed E-state index contributed by atoms with van der Waals surface area (Å²) in [6.07, 6.45) is 5.30. The van der Waals surface area contributed by atoms with Gasteiger partial charge in [-0.25, -0.2) is 9.97 Å². The SMILES string of the molecule is c1ccc2c(N3CCN(Cc4n[nH]c5c4CCC5)CC3)ncnc2c1. The Labute approximate surface area is 146 Å². The van der Waals surface area contributed by atoms with Gasteiger partial charge in [0.1, 0.15) is 12.1 Å². The maximum atomic E-state index is 4.56. The first-order chi connectivity index (χ1) is 12.4. The second-order valence-corrected chi connectivity index (χ2v) is 6.96. The molecule has 0 amide bonds. The van der Waals surface area contributed by atoms with Crippen molar-refractivity contribution in [1.82, 2.24) is 25.1 Å². The number of nitrogens with zero attached hydrogens (tertiary/aromatic N) is 5. The third-order valence-electron chi connectivity index (χ3n) is 5.46. The number of para-hydroxylation sites is 1. The van der Waals surface area contributed by atoms with Crippen molar-refractivity contribution in [3.8, 4) is 0 Å². The zero-order chi connectivity index (χ0) is 16.6. The van der Waals surface area contributed by atoms with Crippen LogP contribution in [-0.2, 0) is 19.4 Å². The minimum atomic E-state index is 0.962. The molecular formula is C19H22N6. The molecule has 2 aliphatic rings. The van der Waals surface area contributed by atoms with Gasteiger partial charge in [-0.2, -0.15) is 5.10 Å². The molecule has 0 unspecified atom stereocenters. The van der Waals surface area contributed by atoms with Gasteiger partial charge in [0.25, 0.3) is 0 Å². The molecule has 3 aromatic rings. The summed E-state index contributed by atoms with van der Waals surface area (Å²) in [5, 5.41) is 8.92. The average molecular weight is 334 g/mol. The summed E-state index contributed by atoms with van der Waals surface area (Å²) >= 11 is 0. The van der Waals surface area contributed by atoms with Gasteiger partial charge in [-0.3, -0.25) is 10.00 Å². The van der Waals surface area contributed by atoms with Crippen molar-refractivity contribution in [2.45, 2.75) is 25.8 Å². The second-order valence-electron chi connectivity index (χ2n) is 6.96. The number of aryl methyl sites for hydroxylation is 1. The Balaban J connectivity index is 1.29. The Morgan fingerprint density at radius 3 is 2.80 bits per heavy atom. The molecule has 0 saturated carbocycles. The molecule has 3 heterocycles. The van der Waals surface area contributed by atoms with Crippen molar-refractivity contribution in [2.75, 3.05) is 31.1 Å². The van der Waals surface area contributed by atoms with Gasteiger partial charge in [0.2, 0.25) is 0 Å². The van der Waals surface area contributed by atoms with Crippen molar-refractivity contribution in [2.24, 2.45) is 0 Å². The zero-order valence-electron chi connectivity index (χ0n) is 14.3. The topological polar surface area (TPSA) is 60.9 Å². The minimum Gasteiger partial charge on any atom is -0.353 e. The summed E-state index contributed by atoms with van der Waals surface area (Å²) in [5.41, 5.74) is 5.11. The second kappa shape index (κ2) is 6.11. The van der Waals surface area contributed by atoms with E-state index in [0.29, 0.717) is 0 Å². The van der Waals surface area contributed by atoms with Gasteiger partial charge in [0, 0.05) is 43.8 Å². The molecule has 0 atom stereocenters. The lowest BCUT2D eigenvalue weighted by Gasteiger charge is -2.35. The Morgan fingerprint density at radius 1 is 1.00 bits per heavy atom. The number of hydrogen-bond acceptors (Lipinski definition) is 5. The van der Waals surface area contributed by atoms with E-state index in [1.54, 1.807) is 6.33 Å². The van der Waals surface area contributed by atoms with E-state index in [4.69, 9.17) is 0 Å². The van der Waals surface area contributed by atoms with E-state index < -0.39 is 0 Å². The number of H-pyrrole nitrogens is 1. The summed E-state index contributed by atoms with van der Waals surface area (Å²) in [6, 6.07) is 8.25. The molecule has 0 spiro atoms. The first kappa shape index (κ1) is 14.8. The van der Waals surface area contributed by atoms with Gasteiger partial charge in [0.05, 0.1) is 11.2 Å². The van der Waals surface area contributed by atoms with E-state index >= 15 is 0 Å². The molecule has 6 nitrogen and oxygen atoms in total. The van der Waals surface area contributed by atoms with Crippen molar-refractivity contribution < 1.29 is 0 Å². The van der Waals surface area contributed by atoms with E-state index in [0.717, 1.165) is 55.9 Å². The maximum absolute atomic E-state index is 4.56. The lowest BCUT2D eigenvalue weighted by atomic mass is 10.1. The predicted octanol–water partition coefficient (Wildman–Crippen LogP) is 2.16. The molecule has 6 heteroatoms. The summed E-state index contributed by atoms with van der Waals surface area (Å²) < 4.78 is 0. The van der Waals surface area contributed by atoms with Gasteiger partial charge in [-0.15, -0.1) is 0 Å². The Morgan fingerprint density at radius 2 is 1.88 bits per heavy atom. The highest BCUT2D eigenvalue weighted by molar-refractivity contribution is 5.89. The van der Waals surface area contributed by atoms with E-state index in [1.807, 2.05) is 6.07 Å². The van der Waals surface area contributed by atoms with Crippen molar-refractivity contribution in [3.63, 3.8) is 0 Å². The van der Waals surface area contributed by atoms with Crippen LogP contribution >= 0.6 is 0 Å². The summed E-state index contributed by atoms with van der Waals surface area (Å²) in [6.45, 7) is 5.03. The fourth-order valence-corrected chi connectivity index (χ4v) is 4.09. The molecule has 5 rings (SSSR count). The number of nitrogens with one attached hydrogen (secondary N) is 1. The van der Waals surface area contributed by atoms with Crippen molar-refractivity contribution >= 4 is 16.7 Å². The molecule has 1 fully saturated rings. The fraction of sp³-hybridized carbons (Fsp3) is 0.421. The third-order valence-corrected chi connectivity index (χ3v) is 5.46. The van der Waals surface area contributed by atoms with E-state index in [2.05, 4.69) is 48.2 Å². The van der Waals surface area contributed by atoms with Crippen LogP contribution in [0.3, 0.4) is 0 Å². The van der Waals surface area contributed by atoms with Crippen molar-refractivity contribution in [1.29, 1.82) is 0 Å². The number of aromatic nitrogens is 4. The van der Waals surface area contributed by atoms with Crippen LogP contribution in [0.4, 0.5) is 5.82 Å². The molecular weight excluding hydrogens is 312 g/mol. The first-order valence-electron chi connectivity index (χ1n) is 9.10. The van der Waals surface area contributed by atoms with Crippen LogP contribution in [0.2, 0.25) is 0 Å². The molecule has 0 radical (unpaired) electrons. The van der Waals surface area contributed by atoms with E-state index in [-0.39, 0.29) is 0 Å². The molecule has 1 aliphatic carbocycles. The summed E-state index contributed by atoms with van der Waals surface area (Å²) in [7, 11) is 0. The zero-order valence-corrected chi connectivity index (χ0v) is 14.3. The van der Waals surface area contributed by atoms with Crippen LogP contribution in [0.5, 0.6) is 0 Å². The molecule has 2 aromatic heterocycles. The fourth-order valence-electron chi connectivity index (χ4n) is 4.09. The smallest absolute Gasteiger partial charge is 0.139 e. The number of hydrogen-bond donors (Lipinski definition) is 1. The molecule has 1 saturated heterocycles. The number of anilines is 1. The summed E-state index contributed by atoms with van der Waals surface area (Å²) in [4.78, 5) is 13.8. The van der Waals surface area contributed by atoms with Crippen LogP contribution in [0.15, 0.2) is 30.6 Å². The van der Waals surface area contributed by atoms with Crippen LogP contribution < -0.4 is 4.90 Å². The lowest BCUT2D eigenvalue weighted by molar-refractivity contribution is 0.246. The highest BCUT2D eigenvalue weighted by Crippen LogP contribution is 2.26. The van der Waals surface area contributed by atoms with Crippen LogP contribution in [0, 0.1) is 0 Å². The minimum absolute atomic E-state index is 0.962. The Hall–Kier alpha value is -2.47. The quantitative estimate of drug-likeness (QED) is 0.795. The standard InChI is InChI=1S/C19H22N6/c1-2-6-16-15(4-1)19(21-13-20-16)25-10-8-24(9-11-25)12-18-14-5-3-7-17(14)22-23-18/h1-2,4,6,13H,3,5,7-12H2,(H,22,23). The van der Waals surface area contributed by atoms with Gasteiger partial charge >= 0.3 is 0 Å². The number of aromatic amines is 1. The van der Waals surface area contributed by atoms with Crippen LogP contribution in [0.25, 0.3) is 10.9 Å². The highest BCUT2D eigenvalue weighted by Gasteiger charge is 2.23. The van der Waals surface area contributed by atoms with Crippen molar-refractivity contribution in [3.05, 3.63) is 47.5 Å². The first-order valence-corrected chi connectivity index (χ1v) is 9.10. The lowest BCUT2D eigenvalue weighted by Crippen LogP contribution is -2.46. The number of rotatable bonds is 3. The van der Waals surface area contributed by atoms with Gasteiger partial charge < -0.3 is 4.90 Å². The number of fused-ring (bicyclic) bond motifs is 2. The largest absolute Gasteiger partial charge is 0.353 e. The predicted molar refractivity (Wildman–Crippen MR) is 97.6 cm³/mol. The monoisotopic (exact) mass is 334 g/mol. The van der Waals surface area contributed by atoms with Gasteiger partial charge in [0.15, 0.2) is 0 Å². The average Bonchev–Trinajstić information content (AvgIpc) is 3.27. The Kier molecular flexibility index (Phi) is 3.63. The molecule has 1 aromatic carbocycles. The third kappa shape index (κ3) is 2.66. The Bertz CT molecular complexity index is 889. The number of piperazine rings is 1. The normalized spacial score (nSPS) is 18.0. The van der Waals surface area contributed by atoms with E-state index in [1.165, 1.54) is 29.8 Å². The molecule has 25 heavy (non-hydrogen) atoms. The number of benzene rings is 1. The van der Waals surface area contributed by atoms with Crippen LogP contribution in [-0.4, -0.2) is 51.2 Å². The van der Waals surface area contributed by atoms with Gasteiger partial charge in [-0.05, 0) is 37.0 Å². The molecule has 1 aliphatic heterocycles. The van der Waals surface area contributed by atoms with E-state index in [9.17, 15) is 0 Å². The van der Waals surface area contributed by atoms with Crippen LogP contribution in [0.1, 0.15) is 23.4 Å². The van der Waals surface area contributed by atoms with Gasteiger partial charge in [-0.1, -0.05) is 12.1 Å². The molecule has 0 bridgehead atoms.